The third-order valence-electron chi connectivity index (χ3n) is 3.68. The predicted molar refractivity (Wildman–Crippen MR) is 102 cm³/mol. The first-order chi connectivity index (χ1) is 12.8. The fourth-order valence-corrected chi connectivity index (χ4v) is 2.48. The van der Waals surface area contributed by atoms with E-state index in [9.17, 15) is 14.4 Å². The Morgan fingerprint density at radius 1 is 1.07 bits per heavy atom. The number of carbonyl (C=O) groups excluding carboxylic acids is 3. The van der Waals surface area contributed by atoms with Crippen LogP contribution in [0.4, 0.5) is 10.5 Å². The van der Waals surface area contributed by atoms with Crippen LogP contribution in [0.3, 0.4) is 0 Å². The molecular formula is C19H20ClN3O4. The minimum atomic E-state index is -1.00. The Hall–Kier alpha value is -3.06. The van der Waals surface area contributed by atoms with Gasteiger partial charge in [0.25, 0.3) is 5.91 Å². The number of hydrogen-bond donors (Lipinski definition) is 3. The van der Waals surface area contributed by atoms with Crippen molar-refractivity contribution in [2.24, 2.45) is 5.73 Å². The lowest BCUT2D eigenvalue weighted by Gasteiger charge is -2.19. The maximum absolute atomic E-state index is 12.2. The van der Waals surface area contributed by atoms with E-state index in [0.717, 1.165) is 0 Å². The Bertz CT molecular complexity index is 796. The molecule has 0 radical (unpaired) electrons. The molecule has 0 aromatic heterocycles. The van der Waals surface area contributed by atoms with Gasteiger partial charge < -0.3 is 21.1 Å². The molecule has 0 aliphatic rings. The number of nitrogens with two attached hydrogens (primary N) is 1. The minimum absolute atomic E-state index is 0.187. The Morgan fingerprint density at radius 3 is 2.30 bits per heavy atom. The van der Waals surface area contributed by atoms with Crippen LogP contribution in [-0.2, 0) is 14.3 Å². The molecule has 0 fully saturated rings. The molecule has 7 nitrogen and oxygen atoms in total. The summed E-state index contributed by atoms with van der Waals surface area (Å²) >= 11 is 5.85. The summed E-state index contributed by atoms with van der Waals surface area (Å²) in [5, 5.41) is 5.65. The molecule has 0 unspecified atom stereocenters. The van der Waals surface area contributed by atoms with Crippen molar-refractivity contribution in [3.63, 3.8) is 0 Å². The van der Waals surface area contributed by atoms with Crippen molar-refractivity contribution < 1.29 is 19.1 Å². The van der Waals surface area contributed by atoms with Crippen LogP contribution in [0.25, 0.3) is 0 Å². The number of primary amides is 1. The predicted octanol–water partition coefficient (Wildman–Crippen LogP) is 3.01. The van der Waals surface area contributed by atoms with Gasteiger partial charge in [-0.3, -0.25) is 9.59 Å². The number of nitrogens with one attached hydrogen (secondary N) is 2. The fourth-order valence-electron chi connectivity index (χ4n) is 2.35. The van der Waals surface area contributed by atoms with Gasteiger partial charge in [0.05, 0.1) is 12.5 Å². The van der Waals surface area contributed by atoms with Crippen molar-refractivity contribution in [1.82, 2.24) is 5.32 Å². The summed E-state index contributed by atoms with van der Waals surface area (Å²) in [5.41, 5.74) is 6.41. The maximum Gasteiger partial charge on any atom is 0.312 e. The summed E-state index contributed by atoms with van der Waals surface area (Å²) < 4.78 is 5.17. The molecule has 2 aromatic rings. The van der Waals surface area contributed by atoms with E-state index in [1.54, 1.807) is 48.5 Å². The largest absolute Gasteiger partial charge is 0.452 e. The van der Waals surface area contributed by atoms with Gasteiger partial charge in [-0.2, -0.15) is 0 Å². The van der Waals surface area contributed by atoms with Crippen LogP contribution in [0, 0.1) is 0 Å². The van der Waals surface area contributed by atoms with Crippen molar-refractivity contribution in [2.75, 3.05) is 5.32 Å². The Labute approximate surface area is 161 Å². The number of para-hydroxylation sites is 1. The molecular weight excluding hydrogens is 370 g/mol. The number of hydrogen-bond acceptors (Lipinski definition) is 4. The van der Waals surface area contributed by atoms with Crippen LogP contribution in [0.2, 0.25) is 5.02 Å². The van der Waals surface area contributed by atoms with Gasteiger partial charge in [0.15, 0.2) is 6.10 Å². The van der Waals surface area contributed by atoms with Crippen molar-refractivity contribution >= 4 is 35.2 Å². The molecule has 0 saturated carbocycles. The number of halogens is 1. The molecule has 4 N–H and O–H groups in total. The first kappa shape index (κ1) is 20.3. The lowest BCUT2D eigenvalue weighted by atomic mass is 10.0. The summed E-state index contributed by atoms with van der Waals surface area (Å²) in [6.07, 6.45) is -1.19. The molecule has 2 aromatic carbocycles. The Balaban J connectivity index is 1.96. The lowest BCUT2D eigenvalue weighted by molar-refractivity contribution is -0.153. The van der Waals surface area contributed by atoms with Crippen molar-refractivity contribution in [1.29, 1.82) is 0 Å². The number of anilines is 1. The van der Waals surface area contributed by atoms with Crippen LogP contribution in [0.15, 0.2) is 54.6 Å². The molecule has 0 aliphatic carbocycles. The van der Waals surface area contributed by atoms with Crippen LogP contribution in [-0.4, -0.2) is 24.0 Å². The van der Waals surface area contributed by atoms with Gasteiger partial charge >= 0.3 is 12.0 Å². The highest BCUT2D eigenvalue weighted by Crippen LogP contribution is 2.20. The van der Waals surface area contributed by atoms with E-state index in [1.165, 1.54) is 6.92 Å². The number of benzene rings is 2. The summed E-state index contributed by atoms with van der Waals surface area (Å²) in [5.74, 6) is -1.11. The summed E-state index contributed by atoms with van der Waals surface area (Å²) in [6, 6.07) is 13.9. The highest BCUT2D eigenvalue weighted by Gasteiger charge is 2.22. The van der Waals surface area contributed by atoms with E-state index in [4.69, 9.17) is 22.1 Å². The SMILES string of the molecule is C[C@@H](OC(=O)C[C@H](NC(N)=O)c1ccc(Cl)cc1)C(=O)Nc1ccccc1. The van der Waals surface area contributed by atoms with E-state index in [0.29, 0.717) is 16.3 Å². The number of amides is 3. The number of carbonyl (C=O) groups is 3. The molecule has 3 amide bonds. The Morgan fingerprint density at radius 2 is 1.70 bits per heavy atom. The normalized spacial score (nSPS) is 12.5. The second kappa shape index (κ2) is 9.59. The topological polar surface area (TPSA) is 111 Å². The molecule has 142 valence electrons. The molecule has 2 atom stereocenters. The Kier molecular flexibility index (Phi) is 7.19. The molecule has 0 spiro atoms. The second-order valence-electron chi connectivity index (χ2n) is 5.80. The number of urea groups is 1. The van der Waals surface area contributed by atoms with Crippen molar-refractivity contribution in [3.05, 3.63) is 65.2 Å². The van der Waals surface area contributed by atoms with Crippen LogP contribution in [0.1, 0.15) is 24.9 Å². The van der Waals surface area contributed by atoms with E-state index in [-0.39, 0.29) is 6.42 Å². The van der Waals surface area contributed by atoms with Crippen LogP contribution >= 0.6 is 11.6 Å². The first-order valence-electron chi connectivity index (χ1n) is 8.22. The van der Waals surface area contributed by atoms with Gasteiger partial charge in [0.2, 0.25) is 0 Å². The van der Waals surface area contributed by atoms with Gasteiger partial charge in [0, 0.05) is 10.7 Å². The van der Waals surface area contributed by atoms with Gasteiger partial charge in [-0.05, 0) is 36.8 Å². The average Bonchev–Trinajstić information content (AvgIpc) is 2.62. The van der Waals surface area contributed by atoms with Crippen LogP contribution in [0.5, 0.6) is 0 Å². The lowest BCUT2D eigenvalue weighted by Crippen LogP contribution is -2.36. The summed E-state index contributed by atoms with van der Waals surface area (Å²) in [4.78, 5) is 35.6. The molecule has 27 heavy (non-hydrogen) atoms. The quantitative estimate of drug-likeness (QED) is 0.632. The molecule has 0 saturated heterocycles. The highest BCUT2D eigenvalue weighted by atomic mass is 35.5. The number of ether oxygens (including phenoxy) is 1. The van der Waals surface area contributed by atoms with Crippen molar-refractivity contribution in [2.45, 2.75) is 25.5 Å². The van der Waals surface area contributed by atoms with Gasteiger partial charge in [-0.25, -0.2) is 4.79 Å². The fraction of sp³-hybridized carbons (Fsp3) is 0.211. The molecule has 0 heterocycles. The summed E-state index contributed by atoms with van der Waals surface area (Å²) in [7, 11) is 0. The maximum atomic E-state index is 12.2. The average molecular weight is 390 g/mol. The third-order valence-corrected chi connectivity index (χ3v) is 3.93. The molecule has 0 aliphatic heterocycles. The van der Waals surface area contributed by atoms with Gasteiger partial charge in [-0.15, -0.1) is 0 Å². The highest BCUT2D eigenvalue weighted by molar-refractivity contribution is 6.30. The summed E-state index contributed by atoms with van der Waals surface area (Å²) in [6.45, 7) is 1.47. The third kappa shape index (κ3) is 6.63. The zero-order valence-corrected chi connectivity index (χ0v) is 15.4. The van der Waals surface area contributed by atoms with E-state index < -0.39 is 30.1 Å². The zero-order valence-electron chi connectivity index (χ0n) is 14.6. The number of esters is 1. The smallest absolute Gasteiger partial charge is 0.312 e. The van der Waals surface area contributed by atoms with Gasteiger partial charge in [0.1, 0.15) is 0 Å². The monoisotopic (exact) mass is 389 g/mol. The molecule has 2 rings (SSSR count). The second-order valence-corrected chi connectivity index (χ2v) is 6.24. The van der Waals surface area contributed by atoms with Crippen LogP contribution < -0.4 is 16.4 Å². The standard InChI is InChI=1S/C19H20ClN3O4/c1-12(18(25)22-15-5-3-2-4-6-15)27-17(24)11-16(23-19(21)26)13-7-9-14(20)10-8-13/h2-10,12,16H,11H2,1H3,(H,22,25)(H3,21,23,26)/t12-,16+/m1/s1. The van der Waals surface area contributed by atoms with Crippen molar-refractivity contribution in [3.8, 4) is 0 Å². The first-order valence-corrected chi connectivity index (χ1v) is 8.60. The molecule has 8 heteroatoms. The zero-order chi connectivity index (χ0) is 19.8. The van der Waals surface area contributed by atoms with E-state index in [1.807, 2.05) is 6.07 Å². The van der Waals surface area contributed by atoms with Gasteiger partial charge in [-0.1, -0.05) is 41.9 Å². The number of rotatable bonds is 7. The molecule has 0 bridgehead atoms. The van der Waals surface area contributed by atoms with E-state index >= 15 is 0 Å². The minimum Gasteiger partial charge on any atom is -0.452 e. The van der Waals surface area contributed by atoms with E-state index in [2.05, 4.69) is 10.6 Å².